The van der Waals surface area contributed by atoms with Gasteiger partial charge < -0.3 is 30.5 Å². The summed E-state index contributed by atoms with van der Waals surface area (Å²) >= 11 is 0. The average molecular weight is 278 g/mol. The van der Waals surface area contributed by atoms with Crippen molar-refractivity contribution in [3.8, 4) is 0 Å². The largest absolute Gasteiger partial charge is 0.396 e. The van der Waals surface area contributed by atoms with Crippen LogP contribution in [-0.4, -0.2) is 91.6 Å². The second-order valence-electron chi connectivity index (χ2n) is 4.77. The SMILES string of the molecule is NCCOCCOCCN1C[C@H](CO)[C@@H](O)[C@H](O)C1. The van der Waals surface area contributed by atoms with Crippen LogP contribution in [0, 0.1) is 5.92 Å². The summed E-state index contributed by atoms with van der Waals surface area (Å²) in [7, 11) is 0. The van der Waals surface area contributed by atoms with Crippen molar-refractivity contribution in [3.63, 3.8) is 0 Å². The predicted octanol–water partition coefficient (Wildman–Crippen LogP) is -2.38. The molecular formula is C12H26N2O5. The number of likely N-dealkylation sites (tertiary alicyclic amines) is 1. The molecule has 1 fully saturated rings. The lowest BCUT2D eigenvalue weighted by Crippen LogP contribution is -2.54. The van der Waals surface area contributed by atoms with Gasteiger partial charge in [-0.25, -0.2) is 0 Å². The van der Waals surface area contributed by atoms with Crippen LogP contribution in [0.1, 0.15) is 0 Å². The summed E-state index contributed by atoms with van der Waals surface area (Å²) in [6.45, 7) is 4.15. The van der Waals surface area contributed by atoms with Crippen LogP contribution in [0.3, 0.4) is 0 Å². The van der Waals surface area contributed by atoms with E-state index in [-0.39, 0.29) is 12.5 Å². The maximum atomic E-state index is 9.67. The summed E-state index contributed by atoms with van der Waals surface area (Å²) in [4.78, 5) is 1.99. The van der Waals surface area contributed by atoms with Crippen LogP contribution in [0.4, 0.5) is 0 Å². The molecule has 0 bridgehead atoms. The number of hydrogen-bond donors (Lipinski definition) is 4. The highest BCUT2D eigenvalue weighted by Gasteiger charge is 2.33. The third-order valence-corrected chi connectivity index (χ3v) is 3.24. The highest BCUT2D eigenvalue weighted by Crippen LogP contribution is 2.17. The molecule has 1 saturated heterocycles. The zero-order valence-corrected chi connectivity index (χ0v) is 11.3. The Morgan fingerprint density at radius 2 is 1.74 bits per heavy atom. The number of nitrogens with zero attached hydrogens (tertiary/aromatic N) is 1. The van der Waals surface area contributed by atoms with E-state index in [1.807, 2.05) is 4.90 Å². The number of aliphatic hydroxyl groups is 3. The van der Waals surface area contributed by atoms with Crippen molar-refractivity contribution in [1.29, 1.82) is 0 Å². The molecule has 0 amide bonds. The van der Waals surface area contributed by atoms with E-state index in [1.165, 1.54) is 0 Å². The minimum absolute atomic E-state index is 0.123. The fraction of sp³-hybridized carbons (Fsp3) is 1.00. The monoisotopic (exact) mass is 278 g/mol. The van der Waals surface area contributed by atoms with Gasteiger partial charge in [-0.3, -0.25) is 4.90 Å². The molecule has 7 heteroatoms. The van der Waals surface area contributed by atoms with Gasteiger partial charge in [-0.05, 0) is 0 Å². The molecule has 0 aromatic carbocycles. The lowest BCUT2D eigenvalue weighted by molar-refractivity contribution is -0.0900. The third-order valence-electron chi connectivity index (χ3n) is 3.24. The van der Waals surface area contributed by atoms with E-state index in [2.05, 4.69) is 0 Å². The number of ether oxygens (including phenoxy) is 2. The molecular weight excluding hydrogens is 252 g/mol. The van der Waals surface area contributed by atoms with E-state index in [4.69, 9.17) is 20.3 Å². The smallest absolute Gasteiger partial charge is 0.0929 e. The van der Waals surface area contributed by atoms with E-state index >= 15 is 0 Å². The maximum Gasteiger partial charge on any atom is 0.0929 e. The quantitative estimate of drug-likeness (QED) is 0.349. The summed E-state index contributed by atoms with van der Waals surface area (Å²) in [5, 5.41) is 28.5. The standard InChI is InChI=1S/C12H26N2O5/c13-1-3-18-5-6-19-4-2-14-7-10(9-15)12(17)11(16)8-14/h10-12,15-17H,1-9,13H2/t10-,11-,12-/m1/s1. The first kappa shape index (κ1) is 16.8. The zero-order chi connectivity index (χ0) is 14.1. The molecule has 0 radical (unpaired) electrons. The third kappa shape index (κ3) is 6.13. The first-order valence-corrected chi connectivity index (χ1v) is 6.74. The summed E-state index contributed by atoms with van der Waals surface area (Å²) in [6.07, 6.45) is -1.65. The number of hydrogen-bond acceptors (Lipinski definition) is 7. The molecule has 0 spiro atoms. The summed E-state index contributed by atoms with van der Waals surface area (Å²) < 4.78 is 10.6. The van der Waals surface area contributed by atoms with Gasteiger partial charge in [0.1, 0.15) is 0 Å². The van der Waals surface area contributed by atoms with Crippen LogP contribution in [0.5, 0.6) is 0 Å². The molecule has 1 rings (SSSR count). The minimum atomic E-state index is -0.841. The predicted molar refractivity (Wildman–Crippen MR) is 69.7 cm³/mol. The Kier molecular flexibility index (Phi) is 8.47. The van der Waals surface area contributed by atoms with Crippen molar-refractivity contribution in [1.82, 2.24) is 4.90 Å². The van der Waals surface area contributed by atoms with Gasteiger partial charge in [-0.1, -0.05) is 0 Å². The molecule has 1 aliphatic rings. The van der Waals surface area contributed by atoms with Gasteiger partial charge in [0.25, 0.3) is 0 Å². The fourth-order valence-corrected chi connectivity index (χ4v) is 2.15. The van der Waals surface area contributed by atoms with Crippen molar-refractivity contribution in [2.75, 3.05) is 59.2 Å². The van der Waals surface area contributed by atoms with Crippen molar-refractivity contribution in [3.05, 3.63) is 0 Å². The van der Waals surface area contributed by atoms with Crippen LogP contribution >= 0.6 is 0 Å². The second kappa shape index (κ2) is 9.60. The molecule has 1 aliphatic heterocycles. The Labute approximate surface area is 113 Å². The van der Waals surface area contributed by atoms with Crippen LogP contribution in [0.2, 0.25) is 0 Å². The summed E-state index contributed by atoms with van der Waals surface area (Å²) in [6, 6.07) is 0. The molecule has 5 N–H and O–H groups in total. The van der Waals surface area contributed by atoms with Crippen LogP contribution in [-0.2, 0) is 9.47 Å². The van der Waals surface area contributed by atoms with Gasteiger partial charge in [-0.2, -0.15) is 0 Å². The Hall–Kier alpha value is -0.280. The highest BCUT2D eigenvalue weighted by molar-refractivity contribution is 4.86. The van der Waals surface area contributed by atoms with E-state index < -0.39 is 12.2 Å². The van der Waals surface area contributed by atoms with Gasteiger partial charge in [0.2, 0.25) is 0 Å². The molecule has 1 heterocycles. The topological polar surface area (TPSA) is 108 Å². The van der Waals surface area contributed by atoms with Crippen molar-refractivity contribution >= 4 is 0 Å². The molecule has 19 heavy (non-hydrogen) atoms. The van der Waals surface area contributed by atoms with Crippen LogP contribution < -0.4 is 5.73 Å². The molecule has 0 aromatic rings. The number of rotatable bonds is 9. The van der Waals surface area contributed by atoms with Gasteiger partial charge in [0.05, 0.1) is 38.6 Å². The molecule has 114 valence electrons. The summed E-state index contributed by atoms with van der Waals surface area (Å²) in [5.74, 6) is -0.295. The fourth-order valence-electron chi connectivity index (χ4n) is 2.15. The van der Waals surface area contributed by atoms with Crippen molar-refractivity contribution in [2.45, 2.75) is 12.2 Å². The second-order valence-corrected chi connectivity index (χ2v) is 4.77. The molecule has 3 atom stereocenters. The normalized spacial score (nSPS) is 28.7. The highest BCUT2D eigenvalue weighted by atomic mass is 16.5. The maximum absolute atomic E-state index is 9.67. The van der Waals surface area contributed by atoms with Gasteiger partial charge in [0.15, 0.2) is 0 Å². The molecule has 0 aliphatic carbocycles. The number of nitrogens with two attached hydrogens (primary N) is 1. The average Bonchev–Trinajstić information content (AvgIpc) is 2.41. The molecule has 0 saturated carbocycles. The Bertz CT molecular complexity index is 232. The minimum Gasteiger partial charge on any atom is -0.396 e. The van der Waals surface area contributed by atoms with Crippen LogP contribution in [0.25, 0.3) is 0 Å². The molecule has 7 nitrogen and oxygen atoms in total. The van der Waals surface area contributed by atoms with Gasteiger partial charge in [-0.15, -0.1) is 0 Å². The van der Waals surface area contributed by atoms with E-state index in [1.54, 1.807) is 0 Å². The van der Waals surface area contributed by atoms with Crippen LogP contribution in [0.15, 0.2) is 0 Å². The van der Waals surface area contributed by atoms with Crippen molar-refractivity contribution in [2.24, 2.45) is 11.7 Å². The Balaban J connectivity index is 2.09. The van der Waals surface area contributed by atoms with E-state index in [0.717, 1.165) is 0 Å². The Morgan fingerprint density at radius 1 is 1.05 bits per heavy atom. The molecule has 0 unspecified atom stereocenters. The Morgan fingerprint density at radius 3 is 2.37 bits per heavy atom. The lowest BCUT2D eigenvalue weighted by Gasteiger charge is -2.38. The lowest BCUT2D eigenvalue weighted by atomic mass is 9.93. The summed E-state index contributed by atoms with van der Waals surface area (Å²) in [5.41, 5.74) is 5.28. The van der Waals surface area contributed by atoms with Gasteiger partial charge >= 0.3 is 0 Å². The first-order valence-electron chi connectivity index (χ1n) is 6.74. The molecule has 0 aromatic heterocycles. The van der Waals surface area contributed by atoms with E-state index in [9.17, 15) is 10.2 Å². The zero-order valence-electron chi connectivity index (χ0n) is 11.3. The first-order chi connectivity index (χ1) is 9.19. The number of aliphatic hydroxyl groups excluding tert-OH is 3. The van der Waals surface area contributed by atoms with Crippen molar-refractivity contribution < 1.29 is 24.8 Å². The number of β-amino-alcohol motifs (C(OH)–C–C–N with tert-alkyl or cyclic N) is 1. The van der Waals surface area contributed by atoms with Gasteiger partial charge in [0, 0.05) is 38.7 Å². The number of piperidine rings is 1. The van der Waals surface area contributed by atoms with E-state index in [0.29, 0.717) is 52.6 Å².